The van der Waals surface area contributed by atoms with Gasteiger partial charge in [-0.05, 0) is 0 Å². The van der Waals surface area contributed by atoms with E-state index in [4.69, 9.17) is 4.74 Å². The second kappa shape index (κ2) is 15.2. The Bertz CT molecular complexity index is 183. The fourth-order valence-electron chi connectivity index (χ4n) is 2.13. The number of hydrogen-bond donors (Lipinski definition) is 0. The van der Waals surface area contributed by atoms with Gasteiger partial charge in [0.25, 0.3) is 0 Å². The number of unbranched alkanes of at least 4 members (excludes halogenated alkanes) is 11. The Morgan fingerprint density at radius 3 is 1.56 bits per heavy atom. The summed E-state index contributed by atoms with van der Waals surface area (Å²) in [5.41, 5.74) is 0. The summed E-state index contributed by atoms with van der Waals surface area (Å²) in [4.78, 5) is 10.6. The number of hydrogen-bond acceptors (Lipinski definition) is 2. The maximum absolute atomic E-state index is 10.6. The van der Waals surface area contributed by atoms with Crippen LogP contribution in [0, 0.1) is 0 Å². The monoisotopic (exact) mass is 305 g/mol. The quantitative estimate of drug-likeness (QED) is 0.338. The molecule has 0 N–H and O–H groups in total. The predicted octanol–water partition coefficient (Wildman–Crippen LogP) is 5.37. The summed E-state index contributed by atoms with van der Waals surface area (Å²) in [5, 5.41) is 0. The molecule has 0 saturated carbocycles. The summed E-state index contributed by atoms with van der Waals surface area (Å²) in [6.45, 7) is 2.90. The van der Waals surface area contributed by atoms with Crippen LogP contribution in [0.2, 0.25) is 0 Å². The van der Waals surface area contributed by atoms with Crippen molar-refractivity contribution in [3.63, 3.8) is 0 Å². The second-order valence-corrected chi connectivity index (χ2v) is 6.32. The van der Waals surface area contributed by atoms with Gasteiger partial charge in [0.15, 0.2) is 0 Å². The molecule has 0 aromatic carbocycles. The molecule has 0 aliphatic heterocycles. The summed E-state index contributed by atoms with van der Waals surface area (Å²) >= 11 is 0.623. The van der Waals surface area contributed by atoms with Gasteiger partial charge in [-0.1, -0.05) is 26.2 Å². The summed E-state index contributed by atoms with van der Waals surface area (Å²) in [6.07, 6.45) is 16.1. The molecule has 0 unspecified atom stereocenters. The van der Waals surface area contributed by atoms with Gasteiger partial charge in [-0.3, -0.25) is 0 Å². The third kappa shape index (κ3) is 16.1. The van der Waals surface area contributed by atoms with Gasteiger partial charge in [-0.2, -0.15) is 0 Å². The fourth-order valence-corrected chi connectivity index (χ4v) is 2.43. The Kier molecular flexibility index (Phi) is 15.2. The molecular weight excluding hydrogens is 278 g/mol. The molecule has 0 aliphatic carbocycles. The second-order valence-electron chi connectivity index (χ2n) is 5.11. The topological polar surface area (TPSA) is 26.3 Å². The zero-order chi connectivity index (χ0) is 13.5. The molecule has 103 valence electrons. The van der Waals surface area contributed by atoms with E-state index < -0.39 is 0 Å². The Labute approximate surface area is 123 Å². The van der Waals surface area contributed by atoms with Crippen LogP contribution in [0.3, 0.4) is 0 Å². The Hall–Kier alpha value is 0.0934. The standard InChI is InChI=1S/C15H29O2.Zn/c1-2-3-4-5-6-7-8-9-10-11-12-13-14-17-15-16;/h2-14H2,1H3;. The van der Waals surface area contributed by atoms with E-state index in [2.05, 4.69) is 6.92 Å². The SMILES string of the molecule is CCCCCCCCCCCCCCO[C](=O)[Zn]. The summed E-state index contributed by atoms with van der Waals surface area (Å²) < 4.78 is 4.92. The minimum atomic E-state index is -0.0296. The Morgan fingerprint density at radius 2 is 1.17 bits per heavy atom. The van der Waals surface area contributed by atoms with E-state index >= 15 is 0 Å². The van der Waals surface area contributed by atoms with E-state index in [9.17, 15) is 4.79 Å². The molecule has 2 nitrogen and oxygen atoms in total. The molecule has 0 rings (SSSR count). The van der Waals surface area contributed by atoms with Crippen LogP contribution in [0.25, 0.3) is 0 Å². The van der Waals surface area contributed by atoms with Crippen molar-refractivity contribution in [1.29, 1.82) is 0 Å². The minimum absolute atomic E-state index is 0.0296. The molecule has 0 saturated heterocycles. The van der Waals surface area contributed by atoms with Crippen LogP contribution in [0.15, 0.2) is 0 Å². The average Bonchev–Trinajstić information content (AvgIpc) is 2.34. The molecule has 0 aromatic heterocycles. The van der Waals surface area contributed by atoms with Gasteiger partial charge in [0.1, 0.15) is 0 Å². The van der Waals surface area contributed by atoms with Crippen molar-refractivity contribution in [3.8, 4) is 0 Å². The van der Waals surface area contributed by atoms with Crippen LogP contribution in [0.5, 0.6) is 0 Å². The molecule has 0 amide bonds. The van der Waals surface area contributed by atoms with Crippen LogP contribution < -0.4 is 0 Å². The van der Waals surface area contributed by atoms with Crippen molar-refractivity contribution in [3.05, 3.63) is 0 Å². The molecule has 0 radical (unpaired) electrons. The first-order valence-electron chi connectivity index (χ1n) is 7.76. The number of rotatable bonds is 13. The van der Waals surface area contributed by atoms with Crippen molar-refractivity contribution >= 4 is 4.56 Å². The molecule has 0 heterocycles. The van der Waals surface area contributed by atoms with Gasteiger partial charge in [-0.25, -0.2) is 0 Å². The van der Waals surface area contributed by atoms with Crippen molar-refractivity contribution in [2.45, 2.75) is 84.0 Å². The van der Waals surface area contributed by atoms with Gasteiger partial charge in [0.2, 0.25) is 0 Å². The van der Waals surface area contributed by atoms with Gasteiger partial charge in [0.05, 0.1) is 0 Å². The van der Waals surface area contributed by atoms with Gasteiger partial charge < -0.3 is 0 Å². The molecule has 0 fully saturated rings. The van der Waals surface area contributed by atoms with Crippen molar-refractivity contribution < 1.29 is 27.8 Å². The fraction of sp³-hybridized carbons (Fsp3) is 0.933. The van der Waals surface area contributed by atoms with Crippen LogP contribution in [-0.4, -0.2) is 11.2 Å². The molecule has 0 aromatic rings. The molecule has 0 aliphatic rings. The summed E-state index contributed by atoms with van der Waals surface area (Å²) in [5.74, 6) is 0. The van der Waals surface area contributed by atoms with Crippen molar-refractivity contribution in [2.75, 3.05) is 6.61 Å². The summed E-state index contributed by atoms with van der Waals surface area (Å²) in [7, 11) is 0. The predicted molar refractivity (Wildman–Crippen MR) is 72.4 cm³/mol. The third-order valence-corrected chi connectivity index (χ3v) is 3.69. The van der Waals surface area contributed by atoms with Crippen molar-refractivity contribution in [2.24, 2.45) is 0 Å². The molecule has 18 heavy (non-hydrogen) atoms. The van der Waals surface area contributed by atoms with Gasteiger partial charge in [-0.15, -0.1) is 0 Å². The third-order valence-electron chi connectivity index (χ3n) is 3.26. The maximum atomic E-state index is 10.6. The van der Waals surface area contributed by atoms with Crippen LogP contribution in [0.4, 0.5) is 4.79 Å². The Balaban J connectivity index is 2.92. The summed E-state index contributed by atoms with van der Waals surface area (Å²) in [6, 6.07) is 0. The van der Waals surface area contributed by atoms with Crippen molar-refractivity contribution in [1.82, 2.24) is 0 Å². The first-order valence-corrected chi connectivity index (χ1v) is 9.24. The van der Waals surface area contributed by atoms with Gasteiger partial charge in [0, 0.05) is 0 Å². The van der Waals surface area contributed by atoms with Gasteiger partial charge >= 0.3 is 96.8 Å². The van der Waals surface area contributed by atoms with Crippen LogP contribution in [0.1, 0.15) is 84.0 Å². The first-order chi connectivity index (χ1) is 8.77. The Morgan fingerprint density at radius 1 is 0.778 bits per heavy atom. The number of carbonyl (C=O) groups excluding carboxylic acids is 1. The first kappa shape index (κ1) is 18.1. The van der Waals surface area contributed by atoms with E-state index in [-0.39, 0.29) is 4.56 Å². The van der Waals surface area contributed by atoms with Crippen LogP contribution in [-0.2, 0) is 23.0 Å². The van der Waals surface area contributed by atoms with E-state index in [0.717, 1.165) is 6.42 Å². The zero-order valence-corrected chi connectivity index (χ0v) is 15.2. The number of ether oxygens (including phenoxy) is 1. The normalized spacial score (nSPS) is 10.6. The average molecular weight is 307 g/mol. The van der Waals surface area contributed by atoms with E-state index in [1.807, 2.05) is 0 Å². The molecule has 0 spiro atoms. The zero-order valence-electron chi connectivity index (χ0n) is 12.2. The molecule has 0 bridgehead atoms. The van der Waals surface area contributed by atoms with E-state index in [1.165, 1.54) is 70.6 Å². The van der Waals surface area contributed by atoms with Crippen LogP contribution >= 0.6 is 0 Å². The molecule has 3 heteroatoms. The number of carbonyl (C=O) groups is 1. The molecule has 0 atom stereocenters. The van der Waals surface area contributed by atoms with E-state index in [0.29, 0.717) is 24.9 Å². The van der Waals surface area contributed by atoms with E-state index in [1.54, 1.807) is 0 Å². The molecular formula is C15H29O2Zn.